The van der Waals surface area contributed by atoms with Gasteiger partial charge in [0, 0.05) is 19.0 Å². The lowest BCUT2D eigenvalue weighted by molar-refractivity contribution is -0.123. The molecule has 6 heteroatoms. The van der Waals surface area contributed by atoms with E-state index in [-0.39, 0.29) is 24.8 Å². The van der Waals surface area contributed by atoms with Crippen LogP contribution in [-0.2, 0) is 4.79 Å². The first-order valence-electron chi connectivity index (χ1n) is 7.94. The molecule has 21 heavy (non-hydrogen) atoms. The van der Waals surface area contributed by atoms with Gasteiger partial charge < -0.3 is 15.5 Å². The molecule has 4 nitrogen and oxygen atoms in total. The molecule has 2 saturated heterocycles. The van der Waals surface area contributed by atoms with Crippen molar-refractivity contribution in [1.29, 1.82) is 0 Å². The molecule has 2 atom stereocenters. The van der Waals surface area contributed by atoms with Crippen molar-refractivity contribution in [3.8, 4) is 0 Å². The van der Waals surface area contributed by atoms with Gasteiger partial charge in [0.15, 0.2) is 0 Å². The van der Waals surface area contributed by atoms with Crippen LogP contribution in [0.15, 0.2) is 0 Å². The number of hydrogen-bond acceptors (Lipinski definition) is 3. The molecule has 3 aliphatic rings. The zero-order chi connectivity index (χ0) is 13.3. The van der Waals surface area contributed by atoms with Crippen LogP contribution < -0.4 is 10.6 Å². The van der Waals surface area contributed by atoms with Crippen LogP contribution in [0.1, 0.15) is 32.6 Å². The van der Waals surface area contributed by atoms with Crippen molar-refractivity contribution in [2.24, 2.45) is 17.3 Å². The molecular formula is C15H29Cl2N3O. The molecule has 1 spiro atoms. The monoisotopic (exact) mass is 337 g/mol. The quantitative estimate of drug-likeness (QED) is 0.820. The van der Waals surface area contributed by atoms with Crippen molar-refractivity contribution >= 4 is 30.7 Å². The van der Waals surface area contributed by atoms with Crippen molar-refractivity contribution in [1.82, 2.24) is 15.5 Å². The maximum Gasteiger partial charge on any atom is 0.223 e. The highest BCUT2D eigenvalue weighted by Crippen LogP contribution is 2.58. The molecule has 3 fully saturated rings. The smallest absolute Gasteiger partial charge is 0.223 e. The molecule has 1 amide bonds. The third-order valence-electron chi connectivity index (χ3n) is 5.49. The predicted octanol–water partition coefficient (Wildman–Crippen LogP) is 1.68. The molecule has 0 radical (unpaired) electrons. The molecule has 1 aliphatic carbocycles. The van der Waals surface area contributed by atoms with Gasteiger partial charge in [-0.15, -0.1) is 24.8 Å². The van der Waals surface area contributed by atoms with E-state index in [0.717, 1.165) is 39.1 Å². The van der Waals surface area contributed by atoms with Crippen molar-refractivity contribution in [3.63, 3.8) is 0 Å². The first kappa shape index (κ1) is 19.0. The fourth-order valence-electron chi connectivity index (χ4n) is 3.93. The molecule has 2 heterocycles. The van der Waals surface area contributed by atoms with E-state index in [1.165, 1.54) is 25.8 Å². The van der Waals surface area contributed by atoms with Gasteiger partial charge in [0.2, 0.25) is 5.91 Å². The third kappa shape index (κ3) is 4.25. The van der Waals surface area contributed by atoms with Crippen LogP contribution in [0.5, 0.6) is 0 Å². The van der Waals surface area contributed by atoms with Gasteiger partial charge in [-0.3, -0.25) is 4.79 Å². The van der Waals surface area contributed by atoms with Crippen LogP contribution in [0.2, 0.25) is 0 Å². The maximum atomic E-state index is 12.2. The maximum absolute atomic E-state index is 12.2. The molecule has 2 unspecified atom stereocenters. The minimum Gasteiger partial charge on any atom is -0.356 e. The Morgan fingerprint density at radius 1 is 1.33 bits per heavy atom. The number of hydrogen-bond donors (Lipinski definition) is 2. The number of carbonyl (C=O) groups is 1. The molecule has 2 N–H and O–H groups in total. The lowest BCUT2D eigenvalue weighted by atomic mass is 9.91. The molecule has 3 rings (SSSR count). The van der Waals surface area contributed by atoms with Gasteiger partial charge in [-0.2, -0.15) is 0 Å². The van der Waals surface area contributed by atoms with Gasteiger partial charge >= 0.3 is 0 Å². The molecule has 124 valence electrons. The van der Waals surface area contributed by atoms with E-state index in [4.69, 9.17) is 0 Å². The Kier molecular flexibility index (Phi) is 7.25. The van der Waals surface area contributed by atoms with E-state index in [9.17, 15) is 4.79 Å². The minimum absolute atomic E-state index is 0. The minimum atomic E-state index is 0. The number of rotatable bonds is 4. The van der Waals surface area contributed by atoms with Gasteiger partial charge in [-0.1, -0.05) is 6.92 Å². The average molecular weight is 338 g/mol. The summed E-state index contributed by atoms with van der Waals surface area (Å²) in [7, 11) is 0. The van der Waals surface area contributed by atoms with Crippen LogP contribution in [-0.4, -0.2) is 50.1 Å². The summed E-state index contributed by atoms with van der Waals surface area (Å²) in [4.78, 5) is 14.7. The van der Waals surface area contributed by atoms with Crippen molar-refractivity contribution in [2.45, 2.75) is 32.6 Å². The number of halogens is 2. The first-order chi connectivity index (χ1) is 9.23. The molecule has 0 bridgehead atoms. The number of likely N-dealkylation sites (tertiary alicyclic amines) is 1. The van der Waals surface area contributed by atoms with Crippen molar-refractivity contribution < 1.29 is 4.79 Å². The van der Waals surface area contributed by atoms with Crippen molar-refractivity contribution in [2.75, 3.05) is 39.3 Å². The third-order valence-corrected chi connectivity index (χ3v) is 5.49. The van der Waals surface area contributed by atoms with Crippen molar-refractivity contribution in [3.05, 3.63) is 0 Å². The fourth-order valence-corrected chi connectivity index (χ4v) is 3.93. The normalized spacial score (nSPS) is 30.3. The molecule has 0 aromatic heterocycles. The molecular weight excluding hydrogens is 309 g/mol. The zero-order valence-corrected chi connectivity index (χ0v) is 14.5. The summed E-state index contributed by atoms with van der Waals surface area (Å²) in [5.41, 5.74) is 0.375. The summed E-state index contributed by atoms with van der Waals surface area (Å²) in [6.07, 6.45) is 4.76. The number of piperidine rings is 1. The van der Waals surface area contributed by atoms with Gasteiger partial charge in [0.25, 0.3) is 0 Å². The van der Waals surface area contributed by atoms with Crippen LogP contribution in [0, 0.1) is 17.3 Å². The van der Waals surface area contributed by atoms with E-state index in [2.05, 4.69) is 22.5 Å². The van der Waals surface area contributed by atoms with E-state index in [0.29, 0.717) is 23.2 Å². The Morgan fingerprint density at radius 3 is 2.67 bits per heavy atom. The fraction of sp³-hybridized carbons (Fsp3) is 0.933. The van der Waals surface area contributed by atoms with Crippen LogP contribution in [0.4, 0.5) is 0 Å². The highest BCUT2D eigenvalue weighted by molar-refractivity contribution is 5.85. The molecule has 0 aromatic rings. The standard InChI is InChI=1S/C15H27N3O.2ClH/c1-2-18-8-3-12(11-18)10-17-14(19)13-9-15(13)4-6-16-7-5-15;;/h12-13,16H,2-11H2,1H3,(H,17,19);2*1H. The first-order valence-corrected chi connectivity index (χ1v) is 7.94. The molecule has 0 aromatic carbocycles. The Hall–Kier alpha value is -0.0300. The van der Waals surface area contributed by atoms with Crippen LogP contribution >= 0.6 is 24.8 Å². The highest BCUT2D eigenvalue weighted by Gasteiger charge is 2.57. The van der Waals surface area contributed by atoms with Gasteiger partial charge in [-0.05, 0) is 63.2 Å². The number of carbonyl (C=O) groups excluding carboxylic acids is 1. The van der Waals surface area contributed by atoms with E-state index in [1.54, 1.807) is 0 Å². The zero-order valence-electron chi connectivity index (χ0n) is 12.9. The number of nitrogens with zero attached hydrogens (tertiary/aromatic N) is 1. The summed E-state index contributed by atoms with van der Waals surface area (Å²) in [5.74, 6) is 1.32. The topological polar surface area (TPSA) is 44.4 Å². The van der Waals surface area contributed by atoms with E-state index >= 15 is 0 Å². The lowest BCUT2D eigenvalue weighted by Gasteiger charge is -2.23. The SMILES string of the molecule is CCN1CCC(CNC(=O)C2CC23CCNCC3)C1.Cl.Cl. The Morgan fingerprint density at radius 2 is 2.05 bits per heavy atom. The second-order valence-corrected chi connectivity index (χ2v) is 6.66. The van der Waals surface area contributed by atoms with Gasteiger partial charge in [-0.25, -0.2) is 0 Å². The summed E-state index contributed by atoms with van der Waals surface area (Å²) < 4.78 is 0. The molecule has 1 saturated carbocycles. The summed E-state index contributed by atoms with van der Waals surface area (Å²) in [6.45, 7) is 8.80. The van der Waals surface area contributed by atoms with E-state index < -0.39 is 0 Å². The number of nitrogens with one attached hydrogen (secondary N) is 2. The van der Waals surface area contributed by atoms with Crippen LogP contribution in [0.3, 0.4) is 0 Å². The van der Waals surface area contributed by atoms with E-state index in [1.807, 2.05) is 0 Å². The Balaban J connectivity index is 0.00000110. The number of amides is 1. The molecule has 2 aliphatic heterocycles. The summed E-state index contributed by atoms with van der Waals surface area (Å²) in [6, 6.07) is 0. The second-order valence-electron chi connectivity index (χ2n) is 6.66. The highest BCUT2D eigenvalue weighted by atomic mass is 35.5. The second kappa shape index (κ2) is 8.00. The predicted molar refractivity (Wildman–Crippen MR) is 90.4 cm³/mol. The Bertz CT molecular complexity index is 348. The van der Waals surface area contributed by atoms with Crippen LogP contribution in [0.25, 0.3) is 0 Å². The lowest BCUT2D eigenvalue weighted by Crippen LogP contribution is -2.36. The largest absolute Gasteiger partial charge is 0.356 e. The Labute approximate surface area is 140 Å². The van der Waals surface area contributed by atoms with Gasteiger partial charge in [0.05, 0.1) is 0 Å². The summed E-state index contributed by atoms with van der Waals surface area (Å²) in [5, 5.41) is 6.61. The summed E-state index contributed by atoms with van der Waals surface area (Å²) >= 11 is 0. The van der Waals surface area contributed by atoms with Gasteiger partial charge in [0.1, 0.15) is 0 Å². The average Bonchev–Trinajstić information content (AvgIpc) is 2.93.